The molecule has 2 nitrogen and oxygen atoms in total. The second kappa shape index (κ2) is 6.21. The van der Waals surface area contributed by atoms with Crippen molar-refractivity contribution in [2.75, 3.05) is 5.32 Å². The fraction of sp³-hybridized carbons (Fsp3) is 0.0714. The Hall–Kier alpha value is -1.64. The number of nitriles is 1. The van der Waals surface area contributed by atoms with Gasteiger partial charge in [-0.2, -0.15) is 5.26 Å². The van der Waals surface area contributed by atoms with Crippen molar-refractivity contribution in [1.29, 1.82) is 5.26 Å². The largest absolute Gasteiger partial charge is 0.366 e. The summed E-state index contributed by atoms with van der Waals surface area (Å²) in [6, 6.07) is 9.05. The third-order valence-electron chi connectivity index (χ3n) is 2.65. The Balaban J connectivity index is 2.34. The van der Waals surface area contributed by atoms with Crippen LogP contribution in [-0.2, 0) is 0 Å². The molecule has 2 aromatic rings. The molecule has 0 fully saturated rings. The number of anilines is 1. The lowest BCUT2D eigenvalue weighted by Crippen LogP contribution is -2.12. The Labute approximate surface area is 128 Å². The zero-order valence-electron chi connectivity index (χ0n) is 10.0. The molecule has 1 unspecified atom stereocenters. The van der Waals surface area contributed by atoms with Crippen molar-refractivity contribution in [1.82, 2.24) is 0 Å². The number of rotatable bonds is 3. The van der Waals surface area contributed by atoms with Gasteiger partial charge in [-0.1, -0.05) is 17.7 Å². The first-order chi connectivity index (χ1) is 9.52. The highest BCUT2D eigenvalue weighted by Gasteiger charge is 2.19. The van der Waals surface area contributed by atoms with Gasteiger partial charge in [0.2, 0.25) is 0 Å². The van der Waals surface area contributed by atoms with E-state index in [4.69, 9.17) is 16.9 Å². The van der Waals surface area contributed by atoms with Crippen molar-refractivity contribution < 1.29 is 8.78 Å². The molecule has 0 saturated carbocycles. The van der Waals surface area contributed by atoms with Gasteiger partial charge in [0.15, 0.2) is 0 Å². The van der Waals surface area contributed by atoms with Gasteiger partial charge in [0.05, 0.1) is 16.7 Å². The molecular formula is C14H8BrClF2N2. The summed E-state index contributed by atoms with van der Waals surface area (Å²) in [5.41, 5.74) is 0.219. The van der Waals surface area contributed by atoms with E-state index in [0.717, 1.165) is 12.1 Å². The van der Waals surface area contributed by atoms with Gasteiger partial charge in [-0.05, 0) is 46.3 Å². The van der Waals surface area contributed by atoms with E-state index in [-0.39, 0.29) is 5.56 Å². The Morgan fingerprint density at radius 2 is 1.85 bits per heavy atom. The highest BCUT2D eigenvalue weighted by molar-refractivity contribution is 9.10. The summed E-state index contributed by atoms with van der Waals surface area (Å²) in [6.45, 7) is 0. The topological polar surface area (TPSA) is 35.8 Å². The third-order valence-corrected chi connectivity index (χ3v) is 3.86. The van der Waals surface area contributed by atoms with Crippen LogP contribution in [0.2, 0.25) is 5.02 Å². The minimum atomic E-state index is -1.13. The molecule has 20 heavy (non-hydrogen) atoms. The molecule has 0 saturated heterocycles. The van der Waals surface area contributed by atoms with Crippen LogP contribution in [0.1, 0.15) is 11.6 Å². The van der Waals surface area contributed by atoms with Crippen molar-refractivity contribution in [2.24, 2.45) is 0 Å². The number of halogens is 4. The molecule has 0 radical (unpaired) electrons. The number of benzene rings is 2. The molecule has 2 aromatic carbocycles. The molecule has 0 bridgehead atoms. The predicted molar refractivity (Wildman–Crippen MR) is 77.5 cm³/mol. The fourth-order valence-corrected chi connectivity index (χ4v) is 2.20. The first-order valence-electron chi connectivity index (χ1n) is 5.58. The molecule has 0 heterocycles. The first kappa shape index (κ1) is 14.8. The lowest BCUT2D eigenvalue weighted by atomic mass is 10.1. The highest BCUT2D eigenvalue weighted by Crippen LogP contribution is 2.29. The quantitative estimate of drug-likeness (QED) is 0.833. The summed E-state index contributed by atoms with van der Waals surface area (Å²) >= 11 is 9.10. The maximum absolute atomic E-state index is 13.7. The lowest BCUT2D eigenvalue weighted by Gasteiger charge is -2.15. The van der Waals surface area contributed by atoms with E-state index >= 15 is 0 Å². The van der Waals surface area contributed by atoms with Gasteiger partial charge < -0.3 is 5.32 Å². The summed E-state index contributed by atoms with van der Waals surface area (Å²) in [5.74, 6) is -1.53. The number of hydrogen-bond donors (Lipinski definition) is 1. The maximum atomic E-state index is 13.7. The molecule has 0 aliphatic carbocycles. The van der Waals surface area contributed by atoms with Crippen molar-refractivity contribution in [2.45, 2.75) is 6.04 Å². The van der Waals surface area contributed by atoms with E-state index in [0.29, 0.717) is 15.2 Å². The van der Waals surface area contributed by atoms with E-state index in [2.05, 4.69) is 21.2 Å². The van der Waals surface area contributed by atoms with Crippen LogP contribution < -0.4 is 5.32 Å². The Bertz CT molecular complexity index is 665. The normalized spacial score (nSPS) is 11.8. The molecule has 0 aliphatic rings. The summed E-state index contributed by atoms with van der Waals surface area (Å²) in [6.07, 6.45) is 0. The second-order valence-electron chi connectivity index (χ2n) is 3.97. The van der Waals surface area contributed by atoms with E-state index in [1.54, 1.807) is 18.2 Å². The first-order valence-corrected chi connectivity index (χ1v) is 6.75. The highest BCUT2D eigenvalue weighted by atomic mass is 79.9. The van der Waals surface area contributed by atoms with E-state index in [1.807, 2.05) is 6.07 Å². The van der Waals surface area contributed by atoms with E-state index in [1.165, 1.54) is 6.07 Å². The van der Waals surface area contributed by atoms with Gasteiger partial charge >= 0.3 is 0 Å². The molecular weight excluding hydrogens is 350 g/mol. The molecule has 1 N–H and O–H groups in total. The van der Waals surface area contributed by atoms with E-state index in [9.17, 15) is 8.78 Å². The van der Waals surface area contributed by atoms with Crippen molar-refractivity contribution in [3.63, 3.8) is 0 Å². The minimum absolute atomic E-state index is 0.305. The molecule has 102 valence electrons. The SMILES string of the molecule is N#CC(Nc1ccc(Cl)c(Br)c1)c1c(F)cccc1F. The fourth-order valence-electron chi connectivity index (χ4n) is 1.71. The van der Waals surface area contributed by atoms with Gasteiger partial charge in [0, 0.05) is 10.2 Å². The van der Waals surface area contributed by atoms with Crippen LogP contribution in [0.5, 0.6) is 0 Å². The van der Waals surface area contributed by atoms with Gasteiger partial charge in [-0.15, -0.1) is 0 Å². The smallest absolute Gasteiger partial charge is 0.145 e. The zero-order valence-corrected chi connectivity index (χ0v) is 12.3. The monoisotopic (exact) mass is 356 g/mol. The average Bonchev–Trinajstić information content (AvgIpc) is 2.41. The average molecular weight is 358 g/mol. The predicted octanol–water partition coefficient (Wildman–Crippen LogP) is 5.06. The van der Waals surface area contributed by atoms with Crippen LogP contribution in [0, 0.1) is 23.0 Å². The molecule has 0 amide bonds. The van der Waals surface area contributed by atoms with Gasteiger partial charge in [-0.25, -0.2) is 8.78 Å². The number of nitrogens with one attached hydrogen (secondary N) is 1. The van der Waals surface area contributed by atoms with Crippen LogP contribution in [0.15, 0.2) is 40.9 Å². The third kappa shape index (κ3) is 3.09. The van der Waals surface area contributed by atoms with Crippen LogP contribution >= 0.6 is 27.5 Å². The Kier molecular flexibility index (Phi) is 4.58. The molecule has 0 aliphatic heterocycles. The maximum Gasteiger partial charge on any atom is 0.145 e. The molecule has 0 aromatic heterocycles. The summed E-state index contributed by atoms with van der Waals surface area (Å²) in [5, 5.41) is 12.4. The second-order valence-corrected chi connectivity index (χ2v) is 5.23. The van der Waals surface area contributed by atoms with Gasteiger partial charge in [0.1, 0.15) is 17.7 Å². The van der Waals surface area contributed by atoms with E-state index < -0.39 is 17.7 Å². The van der Waals surface area contributed by atoms with Crippen molar-refractivity contribution in [3.8, 4) is 6.07 Å². The van der Waals surface area contributed by atoms with Crippen LogP contribution in [0.25, 0.3) is 0 Å². The summed E-state index contributed by atoms with van der Waals surface area (Å²) in [4.78, 5) is 0. The van der Waals surface area contributed by atoms with Crippen molar-refractivity contribution in [3.05, 3.63) is 63.1 Å². The Morgan fingerprint density at radius 3 is 2.40 bits per heavy atom. The number of hydrogen-bond acceptors (Lipinski definition) is 2. The molecule has 0 spiro atoms. The van der Waals surface area contributed by atoms with Crippen LogP contribution in [0.4, 0.5) is 14.5 Å². The standard InChI is InChI=1S/C14H8BrClF2N2/c15-9-6-8(4-5-10(9)16)20-13(7-19)14-11(17)2-1-3-12(14)18/h1-6,13,20H. The molecule has 2 rings (SSSR count). The van der Waals surface area contributed by atoms with Gasteiger partial charge in [-0.3, -0.25) is 0 Å². The lowest BCUT2D eigenvalue weighted by molar-refractivity contribution is 0.552. The number of nitrogens with zero attached hydrogens (tertiary/aromatic N) is 1. The summed E-state index contributed by atoms with van der Waals surface area (Å²) < 4.78 is 28.0. The summed E-state index contributed by atoms with van der Waals surface area (Å²) in [7, 11) is 0. The van der Waals surface area contributed by atoms with Crippen molar-refractivity contribution >= 4 is 33.2 Å². The van der Waals surface area contributed by atoms with Gasteiger partial charge in [0.25, 0.3) is 0 Å². The zero-order chi connectivity index (χ0) is 14.7. The van der Waals surface area contributed by atoms with Crippen LogP contribution in [0.3, 0.4) is 0 Å². The van der Waals surface area contributed by atoms with Crippen LogP contribution in [-0.4, -0.2) is 0 Å². The molecule has 1 atom stereocenters. The molecule has 6 heteroatoms. The minimum Gasteiger partial charge on any atom is -0.366 e. The Morgan fingerprint density at radius 1 is 1.20 bits per heavy atom.